The molecule has 0 fully saturated rings. The number of fused-ring (bicyclic) bond motifs is 1. The lowest BCUT2D eigenvalue weighted by atomic mass is 9.98. The summed E-state index contributed by atoms with van der Waals surface area (Å²) in [5.74, 6) is -0.232. The van der Waals surface area contributed by atoms with Crippen LogP contribution in [0.1, 0.15) is 27.9 Å². The molecule has 25 heavy (non-hydrogen) atoms. The lowest BCUT2D eigenvalue weighted by molar-refractivity contribution is -0.119. The molecule has 4 N–H and O–H groups in total. The number of ether oxygens (including phenoxy) is 1. The summed E-state index contributed by atoms with van der Waals surface area (Å²) < 4.78 is 5.19. The molecule has 0 saturated carbocycles. The van der Waals surface area contributed by atoms with Crippen molar-refractivity contribution in [1.82, 2.24) is 0 Å². The Labute approximate surface area is 146 Å². The number of benzene rings is 2. The zero-order valence-electron chi connectivity index (χ0n) is 14.1. The molecule has 1 aliphatic heterocycles. The minimum Gasteiger partial charge on any atom is -0.484 e. The quantitative estimate of drug-likeness (QED) is 0.780. The van der Waals surface area contributed by atoms with Crippen molar-refractivity contribution in [3.05, 3.63) is 53.1 Å². The Morgan fingerprint density at radius 1 is 1.20 bits per heavy atom. The molecule has 0 aliphatic carbocycles. The van der Waals surface area contributed by atoms with E-state index < -0.39 is 5.91 Å². The van der Waals surface area contributed by atoms with Gasteiger partial charge in [0.2, 0.25) is 0 Å². The van der Waals surface area contributed by atoms with Gasteiger partial charge < -0.3 is 21.1 Å². The van der Waals surface area contributed by atoms with Crippen molar-refractivity contribution in [2.45, 2.75) is 19.8 Å². The van der Waals surface area contributed by atoms with Crippen molar-refractivity contribution >= 4 is 23.2 Å². The summed E-state index contributed by atoms with van der Waals surface area (Å²) in [5.41, 5.74) is 9.86. The molecule has 0 spiro atoms. The fourth-order valence-electron chi connectivity index (χ4n) is 2.92. The molecular weight excluding hydrogens is 318 g/mol. The normalized spacial score (nSPS) is 12.7. The summed E-state index contributed by atoms with van der Waals surface area (Å²) >= 11 is 0. The largest absolute Gasteiger partial charge is 0.484 e. The van der Waals surface area contributed by atoms with Crippen molar-refractivity contribution in [2.75, 3.05) is 23.8 Å². The number of anilines is 2. The third kappa shape index (κ3) is 3.91. The third-order valence-electron chi connectivity index (χ3n) is 4.17. The van der Waals surface area contributed by atoms with E-state index >= 15 is 0 Å². The Kier molecular flexibility index (Phi) is 4.88. The highest BCUT2D eigenvalue weighted by molar-refractivity contribution is 6.05. The molecule has 2 aromatic rings. The molecule has 1 heterocycles. The second kappa shape index (κ2) is 7.25. The van der Waals surface area contributed by atoms with Gasteiger partial charge in [-0.1, -0.05) is 6.07 Å². The maximum atomic E-state index is 12.5. The van der Waals surface area contributed by atoms with Gasteiger partial charge in [-0.05, 0) is 61.2 Å². The van der Waals surface area contributed by atoms with E-state index in [4.69, 9.17) is 10.5 Å². The smallest absolute Gasteiger partial charge is 0.255 e. The van der Waals surface area contributed by atoms with Crippen molar-refractivity contribution in [1.29, 1.82) is 0 Å². The zero-order chi connectivity index (χ0) is 17.8. The molecule has 1 aliphatic rings. The predicted molar refractivity (Wildman–Crippen MR) is 97.1 cm³/mol. The minimum absolute atomic E-state index is 0.182. The van der Waals surface area contributed by atoms with Gasteiger partial charge >= 0.3 is 0 Å². The number of nitrogens with one attached hydrogen (secondary N) is 2. The van der Waals surface area contributed by atoms with Crippen LogP contribution in [0, 0.1) is 6.92 Å². The molecule has 0 saturated heterocycles. The van der Waals surface area contributed by atoms with Gasteiger partial charge in [-0.15, -0.1) is 0 Å². The molecule has 0 aromatic heterocycles. The van der Waals surface area contributed by atoms with Crippen LogP contribution in [0.4, 0.5) is 11.4 Å². The van der Waals surface area contributed by atoms with Gasteiger partial charge in [-0.2, -0.15) is 0 Å². The molecule has 6 heteroatoms. The van der Waals surface area contributed by atoms with Crippen LogP contribution >= 0.6 is 0 Å². The summed E-state index contributed by atoms with van der Waals surface area (Å²) in [6, 6.07) is 10.6. The van der Waals surface area contributed by atoms with E-state index in [0.717, 1.165) is 36.3 Å². The lowest BCUT2D eigenvalue weighted by Gasteiger charge is -2.23. The number of hydrogen-bond acceptors (Lipinski definition) is 4. The van der Waals surface area contributed by atoms with Gasteiger partial charge in [0.05, 0.1) is 0 Å². The first kappa shape index (κ1) is 16.8. The fraction of sp³-hybridized carbons (Fsp3) is 0.263. The van der Waals surface area contributed by atoms with Gasteiger partial charge in [-0.25, -0.2) is 0 Å². The first-order chi connectivity index (χ1) is 12.0. The van der Waals surface area contributed by atoms with Crippen LogP contribution in [0.2, 0.25) is 0 Å². The molecular formula is C19H21N3O3. The van der Waals surface area contributed by atoms with E-state index in [2.05, 4.69) is 17.6 Å². The average molecular weight is 339 g/mol. The summed E-state index contributed by atoms with van der Waals surface area (Å²) in [6.45, 7) is 2.83. The summed E-state index contributed by atoms with van der Waals surface area (Å²) in [7, 11) is 0. The number of hydrogen-bond donors (Lipinski definition) is 3. The topological polar surface area (TPSA) is 93.4 Å². The predicted octanol–water partition coefficient (Wildman–Crippen LogP) is 2.47. The van der Waals surface area contributed by atoms with Crippen LogP contribution in [0.15, 0.2) is 36.4 Å². The van der Waals surface area contributed by atoms with E-state index in [1.54, 1.807) is 24.3 Å². The summed E-state index contributed by atoms with van der Waals surface area (Å²) in [4.78, 5) is 23.2. The lowest BCUT2D eigenvalue weighted by Crippen LogP contribution is -2.20. The first-order valence-electron chi connectivity index (χ1n) is 8.23. The summed E-state index contributed by atoms with van der Waals surface area (Å²) in [6.07, 6.45) is 1.99. The number of rotatable bonds is 5. The number of carbonyl (C=O) groups is 2. The van der Waals surface area contributed by atoms with E-state index in [-0.39, 0.29) is 12.5 Å². The Morgan fingerprint density at radius 3 is 2.68 bits per heavy atom. The van der Waals surface area contributed by atoms with Crippen LogP contribution in [-0.4, -0.2) is 25.0 Å². The Hall–Kier alpha value is -3.02. The third-order valence-corrected chi connectivity index (χ3v) is 4.17. The van der Waals surface area contributed by atoms with E-state index in [0.29, 0.717) is 11.3 Å². The number of nitrogens with two attached hydrogens (primary N) is 1. The monoisotopic (exact) mass is 339 g/mol. The standard InChI is InChI=1S/C19H21N3O3/c1-12-4-9-16(15-3-2-10-21-18(12)15)22-19(24)13-5-7-14(8-6-13)25-11-17(20)23/h4-9,21H,2-3,10-11H2,1H3,(H2,20,23)(H,22,24). The molecule has 0 radical (unpaired) electrons. The SMILES string of the molecule is Cc1ccc(NC(=O)c2ccc(OCC(N)=O)cc2)c2c1NCCC2. The van der Waals surface area contributed by atoms with Gasteiger partial charge in [0.15, 0.2) is 6.61 Å². The Bertz CT molecular complexity index is 800. The van der Waals surface area contributed by atoms with Crippen LogP contribution in [0.5, 0.6) is 5.75 Å². The van der Waals surface area contributed by atoms with Gasteiger partial charge in [0, 0.05) is 23.5 Å². The molecule has 0 unspecified atom stereocenters. The molecule has 2 aromatic carbocycles. The second-order valence-electron chi connectivity index (χ2n) is 6.05. The van der Waals surface area contributed by atoms with E-state index in [9.17, 15) is 9.59 Å². The number of amides is 2. The van der Waals surface area contributed by atoms with Crippen molar-refractivity contribution < 1.29 is 14.3 Å². The van der Waals surface area contributed by atoms with Crippen molar-refractivity contribution in [3.8, 4) is 5.75 Å². The van der Waals surface area contributed by atoms with Gasteiger partial charge in [0.1, 0.15) is 5.75 Å². The van der Waals surface area contributed by atoms with Gasteiger partial charge in [-0.3, -0.25) is 9.59 Å². The van der Waals surface area contributed by atoms with Crippen molar-refractivity contribution in [2.24, 2.45) is 5.73 Å². The highest BCUT2D eigenvalue weighted by Gasteiger charge is 2.17. The van der Waals surface area contributed by atoms with Crippen LogP contribution in [0.3, 0.4) is 0 Å². The minimum atomic E-state index is -0.542. The first-order valence-corrected chi connectivity index (χ1v) is 8.23. The van der Waals surface area contributed by atoms with Crippen LogP contribution in [-0.2, 0) is 11.2 Å². The van der Waals surface area contributed by atoms with Gasteiger partial charge in [0.25, 0.3) is 11.8 Å². The number of aryl methyl sites for hydroxylation is 1. The molecule has 0 bridgehead atoms. The fourth-order valence-corrected chi connectivity index (χ4v) is 2.92. The molecule has 2 amide bonds. The highest BCUT2D eigenvalue weighted by Crippen LogP contribution is 2.32. The van der Waals surface area contributed by atoms with Crippen LogP contribution < -0.4 is 21.1 Å². The highest BCUT2D eigenvalue weighted by atomic mass is 16.5. The van der Waals surface area contributed by atoms with Crippen molar-refractivity contribution in [3.63, 3.8) is 0 Å². The van der Waals surface area contributed by atoms with Crippen LogP contribution in [0.25, 0.3) is 0 Å². The Balaban J connectivity index is 1.73. The summed E-state index contributed by atoms with van der Waals surface area (Å²) in [5, 5.41) is 6.40. The number of primary amides is 1. The average Bonchev–Trinajstić information content (AvgIpc) is 2.63. The second-order valence-corrected chi connectivity index (χ2v) is 6.05. The molecule has 3 rings (SSSR count). The van der Waals surface area contributed by atoms with E-state index in [1.807, 2.05) is 12.1 Å². The molecule has 6 nitrogen and oxygen atoms in total. The maximum Gasteiger partial charge on any atom is 0.255 e. The number of carbonyl (C=O) groups excluding carboxylic acids is 2. The molecule has 0 atom stereocenters. The van der Waals surface area contributed by atoms with E-state index in [1.165, 1.54) is 5.56 Å². The zero-order valence-corrected chi connectivity index (χ0v) is 14.1. The Morgan fingerprint density at radius 2 is 1.96 bits per heavy atom. The molecule has 130 valence electrons. The maximum absolute atomic E-state index is 12.5.